The summed E-state index contributed by atoms with van der Waals surface area (Å²) in [6.07, 6.45) is 3.49. The monoisotopic (exact) mass is 377 g/mol. The number of amides is 1. The molecule has 0 saturated heterocycles. The van der Waals surface area contributed by atoms with Crippen molar-refractivity contribution in [2.45, 2.75) is 45.6 Å². The summed E-state index contributed by atoms with van der Waals surface area (Å²) in [5.41, 5.74) is 2.64. The van der Waals surface area contributed by atoms with Crippen LogP contribution < -0.4 is 5.32 Å². The van der Waals surface area contributed by atoms with Crippen molar-refractivity contribution in [3.8, 4) is 0 Å². The zero-order valence-corrected chi connectivity index (χ0v) is 15.8. The maximum atomic E-state index is 12.3. The summed E-state index contributed by atoms with van der Waals surface area (Å²) in [7, 11) is 0. The molecule has 1 N–H and O–H groups in total. The van der Waals surface area contributed by atoms with Gasteiger partial charge in [-0.25, -0.2) is 4.79 Å². The van der Waals surface area contributed by atoms with Crippen molar-refractivity contribution >= 4 is 40.5 Å². The van der Waals surface area contributed by atoms with Gasteiger partial charge in [-0.05, 0) is 68.9 Å². The van der Waals surface area contributed by atoms with Crippen LogP contribution in [0.5, 0.6) is 0 Å². The molecule has 2 aromatic rings. The molecule has 6 heteroatoms. The molecule has 0 radical (unpaired) electrons. The Kier molecular flexibility index (Phi) is 5.45. The molecule has 1 amide bonds. The van der Waals surface area contributed by atoms with E-state index in [1.165, 1.54) is 28.2 Å². The average Bonchev–Trinajstić information content (AvgIpc) is 3.03. The highest BCUT2D eigenvalue weighted by atomic mass is 35.5. The Morgan fingerprint density at radius 1 is 1.28 bits per heavy atom. The van der Waals surface area contributed by atoms with E-state index in [4.69, 9.17) is 16.3 Å². The number of benzene rings is 1. The summed E-state index contributed by atoms with van der Waals surface area (Å²) in [5, 5.41) is 3.33. The smallest absolute Gasteiger partial charge is 0.349 e. The van der Waals surface area contributed by atoms with Crippen LogP contribution in [0.15, 0.2) is 24.3 Å². The Bertz CT molecular complexity index is 791. The number of carbonyl (C=O) groups excluding carboxylic acids is 2. The van der Waals surface area contributed by atoms with Crippen LogP contribution in [-0.4, -0.2) is 18.0 Å². The van der Waals surface area contributed by atoms with Crippen LogP contribution in [0, 0.1) is 6.92 Å². The lowest BCUT2D eigenvalue weighted by molar-refractivity contribution is -0.123. The van der Waals surface area contributed by atoms with Gasteiger partial charge in [0.25, 0.3) is 5.91 Å². The molecule has 1 aliphatic carbocycles. The molecule has 0 bridgehead atoms. The van der Waals surface area contributed by atoms with Crippen LogP contribution in [0.3, 0.4) is 0 Å². The van der Waals surface area contributed by atoms with Gasteiger partial charge in [0.05, 0.1) is 0 Å². The molecular formula is C19H20ClNO3S. The zero-order valence-electron chi connectivity index (χ0n) is 14.2. The van der Waals surface area contributed by atoms with Crippen molar-refractivity contribution in [2.24, 2.45) is 0 Å². The summed E-state index contributed by atoms with van der Waals surface area (Å²) in [6, 6.07) is 7.20. The van der Waals surface area contributed by atoms with E-state index in [-0.39, 0.29) is 5.91 Å². The fraction of sp³-hybridized carbons (Fsp3) is 0.368. The van der Waals surface area contributed by atoms with Crippen molar-refractivity contribution in [1.82, 2.24) is 0 Å². The Balaban J connectivity index is 1.63. The molecule has 1 aromatic heterocycles. The van der Waals surface area contributed by atoms with Gasteiger partial charge in [-0.3, -0.25) is 4.79 Å². The highest BCUT2D eigenvalue weighted by molar-refractivity contribution is 7.14. The predicted molar refractivity (Wildman–Crippen MR) is 101 cm³/mol. The predicted octanol–water partition coefficient (Wildman–Crippen LogP) is 4.77. The Morgan fingerprint density at radius 3 is 2.80 bits per heavy atom. The van der Waals surface area contributed by atoms with Gasteiger partial charge in [0.15, 0.2) is 6.10 Å². The van der Waals surface area contributed by atoms with Gasteiger partial charge >= 0.3 is 5.97 Å². The summed E-state index contributed by atoms with van der Waals surface area (Å²) in [4.78, 5) is 26.5. The molecule has 0 aliphatic heterocycles. The molecule has 25 heavy (non-hydrogen) atoms. The number of ether oxygens (including phenoxy) is 1. The van der Waals surface area contributed by atoms with Gasteiger partial charge in [0.1, 0.15) is 4.88 Å². The highest BCUT2D eigenvalue weighted by Gasteiger charge is 2.23. The average molecular weight is 378 g/mol. The SMILES string of the molecule is Cc1c(Cl)cccc1NC(=O)C(C)OC(=O)c1cc2c(s1)CCCC2. The van der Waals surface area contributed by atoms with Gasteiger partial charge in [-0.2, -0.15) is 0 Å². The number of rotatable bonds is 4. The second-order valence-corrected chi connectivity index (χ2v) is 7.76. The van der Waals surface area contributed by atoms with Gasteiger partial charge < -0.3 is 10.1 Å². The fourth-order valence-corrected chi connectivity index (χ4v) is 4.15. The van der Waals surface area contributed by atoms with Crippen molar-refractivity contribution in [3.05, 3.63) is 50.2 Å². The van der Waals surface area contributed by atoms with E-state index in [1.807, 2.05) is 13.0 Å². The van der Waals surface area contributed by atoms with Crippen molar-refractivity contribution in [2.75, 3.05) is 5.32 Å². The number of fused-ring (bicyclic) bond motifs is 1. The number of carbonyl (C=O) groups is 2. The number of nitrogens with one attached hydrogen (secondary N) is 1. The molecule has 132 valence electrons. The molecule has 1 atom stereocenters. The number of hydrogen-bond acceptors (Lipinski definition) is 4. The van der Waals surface area contributed by atoms with E-state index in [0.29, 0.717) is 15.6 Å². The summed E-state index contributed by atoms with van der Waals surface area (Å²) in [6.45, 7) is 3.39. The first-order valence-electron chi connectivity index (χ1n) is 8.34. The highest BCUT2D eigenvalue weighted by Crippen LogP contribution is 2.30. The first-order valence-corrected chi connectivity index (χ1v) is 9.53. The van der Waals surface area contributed by atoms with E-state index in [2.05, 4.69) is 5.32 Å². The van der Waals surface area contributed by atoms with Crippen LogP contribution >= 0.6 is 22.9 Å². The van der Waals surface area contributed by atoms with Crippen molar-refractivity contribution < 1.29 is 14.3 Å². The lowest BCUT2D eigenvalue weighted by Gasteiger charge is -2.14. The molecule has 3 rings (SSSR count). The summed E-state index contributed by atoms with van der Waals surface area (Å²) in [5.74, 6) is -0.815. The molecule has 1 unspecified atom stereocenters. The van der Waals surface area contributed by atoms with Crippen LogP contribution in [0.4, 0.5) is 5.69 Å². The van der Waals surface area contributed by atoms with Gasteiger partial charge in [0, 0.05) is 15.6 Å². The van der Waals surface area contributed by atoms with E-state index in [1.54, 1.807) is 25.1 Å². The standard InChI is InChI=1S/C19H20ClNO3S/c1-11-14(20)7-5-8-15(11)21-18(22)12(2)24-19(23)17-10-13-6-3-4-9-16(13)25-17/h5,7-8,10,12H,3-4,6,9H2,1-2H3,(H,21,22). The van der Waals surface area contributed by atoms with E-state index in [9.17, 15) is 9.59 Å². The van der Waals surface area contributed by atoms with Crippen molar-refractivity contribution in [1.29, 1.82) is 0 Å². The lowest BCUT2D eigenvalue weighted by Crippen LogP contribution is -2.30. The Hall–Kier alpha value is -1.85. The van der Waals surface area contributed by atoms with Gasteiger partial charge in [-0.1, -0.05) is 17.7 Å². The molecule has 0 spiro atoms. The lowest BCUT2D eigenvalue weighted by atomic mass is 9.99. The minimum absolute atomic E-state index is 0.375. The Morgan fingerprint density at radius 2 is 2.04 bits per heavy atom. The molecule has 0 fully saturated rings. The molecule has 1 aliphatic rings. The molecule has 1 heterocycles. The van der Waals surface area contributed by atoms with Crippen LogP contribution in [-0.2, 0) is 22.4 Å². The number of esters is 1. The number of thiophene rings is 1. The van der Waals surface area contributed by atoms with Crippen LogP contribution in [0.1, 0.15) is 45.4 Å². The molecule has 0 saturated carbocycles. The largest absolute Gasteiger partial charge is 0.448 e. The maximum absolute atomic E-state index is 12.3. The molecule has 1 aromatic carbocycles. The molecular weight excluding hydrogens is 358 g/mol. The third-order valence-corrected chi connectivity index (χ3v) is 6.00. The number of halogens is 1. The van der Waals surface area contributed by atoms with E-state index in [0.717, 1.165) is 24.8 Å². The molecule has 4 nitrogen and oxygen atoms in total. The van der Waals surface area contributed by atoms with Gasteiger partial charge in [-0.15, -0.1) is 11.3 Å². The Labute approximate surface area is 156 Å². The number of aryl methyl sites for hydroxylation is 2. The minimum Gasteiger partial charge on any atom is -0.448 e. The quantitative estimate of drug-likeness (QED) is 0.780. The maximum Gasteiger partial charge on any atom is 0.349 e. The van der Waals surface area contributed by atoms with E-state index >= 15 is 0 Å². The second-order valence-electron chi connectivity index (χ2n) is 6.22. The van der Waals surface area contributed by atoms with Crippen molar-refractivity contribution in [3.63, 3.8) is 0 Å². The minimum atomic E-state index is -0.884. The first kappa shape index (κ1) is 18.0. The zero-order chi connectivity index (χ0) is 18.0. The second kappa shape index (κ2) is 7.58. The third-order valence-electron chi connectivity index (χ3n) is 4.38. The summed E-state index contributed by atoms with van der Waals surface area (Å²) < 4.78 is 5.34. The first-order chi connectivity index (χ1) is 12.0. The number of hydrogen-bond donors (Lipinski definition) is 1. The summed E-state index contributed by atoms with van der Waals surface area (Å²) >= 11 is 7.54. The third kappa shape index (κ3) is 4.05. The van der Waals surface area contributed by atoms with Gasteiger partial charge in [0.2, 0.25) is 0 Å². The normalized spacial score (nSPS) is 14.5. The number of anilines is 1. The topological polar surface area (TPSA) is 55.4 Å². The van der Waals surface area contributed by atoms with Crippen LogP contribution in [0.2, 0.25) is 5.02 Å². The van der Waals surface area contributed by atoms with E-state index < -0.39 is 12.1 Å². The van der Waals surface area contributed by atoms with Crippen LogP contribution in [0.25, 0.3) is 0 Å². The fourth-order valence-electron chi connectivity index (χ4n) is 2.84.